The lowest BCUT2D eigenvalue weighted by molar-refractivity contribution is 0.0997. The van der Waals surface area contributed by atoms with Crippen molar-refractivity contribution in [3.8, 4) is 11.5 Å². The SMILES string of the molecule is CC(C)(Oc1cccc(C(C)(C)Oc2ccccc2)c1)c1ccccc1. The summed E-state index contributed by atoms with van der Waals surface area (Å²) in [6.07, 6.45) is 0. The highest BCUT2D eigenvalue weighted by Gasteiger charge is 2.26. The van der Waals surface area contributed by atoms with Gasteiger partial charge in [-0.05, 0) is 63.1 Å². The van der Waals surface area contributed by atoms with Crippen LogP contribution < -0.4 is 9.47 Å². The largest absolute Gasteiger partial charge is 0.483 e. The van der Waals surface area contributed by atoms with E-state index >= 15 is 0 Å². The van der Waals surface area contributed by atoms with Gasteiger partial charge in [0.1, 0.15) is 22.7 Å². The summed E-state index contributed by atoms with van der Waals surface area (Å²) < 4.78 is 12.5. The summed E-state index contributed by atoms with van der Waals surface area (Å²) in [4.78, 5) is 0. The van der Waals surface area contributed by atoms with Gasteiger partial charge in [-0.3, -0.25) is 0 Å². The first-order valence-corrected chi connectivity index (χ1v) is 8.96. The van der Waals surface area contributed by atoms with Crippen molar-refractivity contribution >= 4 is 0 Å². The first-order valence-electron chi connectivity index (χ1n) is 8.96. The Bertz CT molecular complexity index is 836. The summed E-state index contributed by atoms with van der Waals surface area (Å²) in [6, 6.07) is 28.3. The van der Waals surface area contributed by atoms with Crippen LogP contribution in [-0.2, 0) is 11.2 Å². The molecular formula is C24H26O2. The van der Waals surface area contributed by atoms with Crippen LogP contribution in [0.4, 0.5) is 0 Å². The molecule has 0 unspecified atom stereocenters. The average Bonchev–Trinajstić information content (AvgIpc) is 2.63. The number of hydrogen-bond acceptors (Lipinski definition) is 2. The van der Waals surface area contributed by atoms with Crippen molar-refractivity contribution < 1.29 is 9.47 Å². The smallest absolute Gasteiger partial charge is 0.129 e. The van der Waals surface area contributed by atoms with Crippen LogP contribution in [0.3, 0.4) is 0 Å². The summed E-state index contributed by atoms with van der Waals surface area (Å²) >= 11 is 0. The minimum Gasteiger partial charge on any atom is -0.483 e. The van der Waals surface area contributed by atoms with Gasteiger partial charge in [-0.15, -0.1) is 0 Å². The molecule has 0 radical (unpaired) electrons. The molecule has 0 saturated heterocycles. The lowest BCUT2D eigenvalue weighted by atomic mass is 9.96. The van der Waals surface area contributed by atoms with E-state index in [-0.39, 0.29) is 0 Å². The van der Waals surface area contributed by atoms with Crippen LogP contribution >= 0.6 is 0 Å². The maximum absolute atomic E-state index is 6.32. The Kier molecular flexibility index (Phi) is 5.03. The molecule has 134 valence electrons. The second kappa shape index (κ2) is 7.25. The summed E-state index contributed by atoms with van der Waals surface area (Å²) in [6.45, 7) is 8.31. The first kappa shape index (κ1) is 18.1. The Morgan fingerprint density at radius 3 is 1.62 bits per heavy atom. The predicted molar refractivity (Wildman–Crippen MR) is 107 cm³/mol. The summed E-state index contributed by atoms with van der Waals surface area (Å²) in [5.41, 5.74) is 1.34. The van der Waals surface area contributed by atoms with Gasteiger partial charge in [0.2, 0.25) is 0 Å². The highest BCUT2D eigenvalue weighted by Crippen LogP contribution is 2.32. The van der Waals surface area contributed by atoms with Gasteiger partial charge in [-0.1, -0.05) is 60.7 Å². The monoisotopic (exact) mass is 346 g/mol. The number of rotatable bonds is 6. The van der Waals surface area contributed by atoms with Gasteiger partial charge in [0, 0.05) is 0 Å². The highest BCUT2D eigenvalue weighted by atomic mass is 16.5. The van der Waals surface area contributed by atoms with Crippen LogP contribution in [0.2, 0.25) is 0 Å². The van der Waals surface area contributed by atoms with Gasteiger partial charge in [0.25, 0.3) is 0 Å². The van der Waals surface area contributed by atoms with E-state index < -0.39 is 11.2 Å². The number of benzene rings is 3. The van der Waals surface area contributed by atoms with Crippen molar-refractivity contribution in [1.29, 1.82) is 0 Å². The Hall–Kier alpha value is -2.74. The van der Waals surface area contributed by atoms with Gasteiger partial charge >= 0.3 is 0 Å². The molecule has 0 aromatic heterocycles. The quantitative estimate of drug-likeness (QED) is 0.520. The second-order valence-electron chi connectivity index (χ2n) is 7.43. The van der Waals surface area contributed by atoms with E-state index in [0.29, 0.717) is 0 Å². The van der Waals surface area contributed by atoms with E-state index in [1.165, 1.54) is 0 Å². The number of ether oxygens (including phenoxy) is 2. The molecule has 0 saturated carbocycles. The molecule has 0 atom stereocenters. The maximum atomic E-state index is 6.32. The van der Waals surface area contributed by atoms with Gasteiger partial charge in [-0.2, -0.15) is 0 Å². The van der Waals surface area contributed by atoms with E-state index in [1.807, 2.05) is 60.7 Å². The Balaban J connectivity index is 1.81. The molecule has 0 fully saturated rings. The topological polar surface area (TPSA) is 18.5 Å². The third kappa shape index (κ3) is 4.26. The fourth-order valence-electron chi connectivity index (χ4n) is 2.97. The van der Waals surface area contributed by atoms with Crippen molar-refractivity contribution in [2.24, 2.45) is 0 Å². The Labute approximate surface area is 156 Å². The molecule has 26 heavy (non-hydrogen) atoms. The molecule has 3 aromatic carbocycles. The van der Waals surface area contributed by atoms with Crippen LogP contribution in [0.15, 0.2) is 84.9 Å². The zero-order valence-corrected chi connectivity index (χ0v) is 15.9. The second-order valence-corrected chi connectivity index (χ2v) is 7.43. The Morgan fingerprint density at radius 1 is 0.500 bits per heavy atom. The van der Waals surface area contributed by atoms with Crippen LogP contribution in [0, 0.1) is 0 Å². The summed E-state index contributed by atoms with van der Waals surface area (Å²) in [7, 11) is 0. The zero-order valence-electron chi connectivity index (χ0n) is 15.9. The standard InChI is InChI=1S/C24H26O2/c1-23(2,19-12-7-5-8-13-19)26-22-17-11-14-20(18-22)24(3,4)25-21-15-9-6-10-16-21/h5-18H,1-4H3. The van der Waals surface area contributed by atoms with E-state index in [2.05, 4.69) is 52.0 Å². The lowest BCUT2D eigenvalue weighted by Gasteiger charge is -2.30. The van der Waals surface area contributed by atoms with Crippen molar-refractivity contribution in [3.63, 3.8) is 0 Å². The van der Waals surface area contributed by atoms with Gasteiger partial charge < -0.3 is 9.47 Å². The normalized spacial score (nSPS) is 11.8. The molecule has 0 spiro atoms. The third-order valence-electron chi connectivity index (χ3n) is 4.49. The van der Waals surface area contributed by atoms with Gasteiger partial charge in [-0.25, -0.2) is 0 Å². The van der Waals surface area contributed by atoms with Crippen LogP contribution in [0.5, 0.6) is 11.5 Å². The van der Waals surface area contributed by atoms with E-state index in [4.69, 9.17) is 9.47 Å². The molecule has 3 rings (SSSR count). The molecule has 2 nitrogen and oxygen atoms in total. The molecule has 2 heteroatoms. The van der Waals surface area contributed by atoms with Crippen LogP contribution in [-0.4, -0.2) is 0 Å². The van der Waals surface area contributed by atoms with Crippen molar-refractivity contribution in [2.75, 3.05) is 0 Å². The third-order valence-corrected chi connectivity index (χ3v) is 4.49. The fraction of sp³-hybridized carbons (Fsp3) is 0.250. The molecule has 0 amide bonds. The molecular weight excluding hydrogens is 320 g/mol. The van der Waals surface area contributed by atoms with Crippen molar-refractivity contribution in [3.05, 3.63) is 96.1 Å². The summed E-state index contributed by atoms with van der Waals surface area (Å²) in [5.74, 6) is 1.69. The minimum absolute atomic E-state index is 0.412. The summed E-state index contributed by atoms with van der Waals surface area (Å²) in [5, 5.41) is 0. The molecule has 3 aromatic rings. The van der Waals surface area contributed by atoms with E-state index in [1.54, 1.807) is 0 Å². The first-order chi connectivity index (χ1) is 12.4. The predicted octanol–water partition coefficient (Wildman–Crippen LogP) is 6.31. The van der Waals surface area contributed by atoms with Crippen LogP contribution in [0.1, 0.15) is 38.8 Å². The molecule has 0 bridgehead atoms. The zero-order chi connectivity index (χ0) is 18.6. The number of hydrogen-bond donors (Lipinski definition) is 0. The maximum Gasteiger partial charge on any atom is 0.129 e. The van der Waals surface area contributed by atoms with Gasteiger partial charge in [0.15, 0.2) is 0 Å². The molecule has 0 N–H and O–H groups in total. The minimum atomic E-state index is -0.461. The molecule has 0 aliphatic carbocycles. The van der Waals surface area contributed by atoms with Crippen molar-refractivity contribution in [2.45, 2.75) is 38.9 Å². The number of para-hydroxylation sites is 1. The lowest BCUT2D eigenvalue weighted by Crippen LogP contribution is -2.27. The van der Waals surface area contributed by atoms with Gasteiger partial charge in [0.05, 0.1) is 0 Å². The molecule has 0 aliphatic rings. The van der Waals surface area contributed by atoms with Crippen LogP contribution in [0.25, 0.3) is 0 Å². The molecule has 0 aliphatic heterocycles. The molecule has 0 heterocycles. The average molecular weight is 346 g/mol. The Morgan fingerprint density at radius 2 is 0.962 bits per heavy atom. The van der Waals surface area contributed by atoms with Crippen molar-refractivity contribution in [1.82, 2.24) is 0 Å². The van der Waals surface area contributed by atoms with E-state index in [0.717, 1.165) is 22.6 Å². The van der Waals surface area contributed by atoms with E-state index in [9.17, 15) is 0 Å². The highest BCUT2D eigenvalue weighted by molar-refractivity contribution is 5.35. The fourth-order valence-corrected chi connectivity index (χ4v) is 2.97.